The first-order valence-corrected chi connectivity index (χ1v) is 5.49. The molecule has 0 saturated heterocycles. The lowest BCUT2D eigenvalue weighted by Crippen LogP contribution is -2.49. The van der Waals surface area contributed by atoms with Crippen LogP contribution in [0.5, 0.6) is 0 Å². The summed E-state index contributed by atoms with van der Waals surface area (Å²) in [4.78, 5) is 17.8. The van der Waals surface area contributed by atoms with Gasteiger partial charge in [-0.3, -0.25) is 9.78 Å². The van der Waals surface area contributed by atoms with Crippen LogP contribution in [-0.4, -0.2) is 29.7 Å². The van der Waals surface area contributed by atoms with E-state index in [1.54, 1.807) is 30.4 Å². The molecule has 1 aromatic heterocycles. The number of amides is 1. The van der Waals surface area contributed by atoms with Crippen molar-refractivity contribution in [3.63, 3.8) is 0 Å². The van der Waals surface area contributed by atoms with Gasteiger partial charge in [-0.25, -0.2) is 0 Å². The van der Waals surface area contributed by atoms with Crippen molar-refractivity contribution in [2.75, 3.05) is 18.6 Å². The van der Waals surface area contributed by atoms with Crippen LogP contribution in [0.2, 0.25) is 0 Å². The van der Waals surface area contributed by atoms with Crippen molar-refractivity contribution < 1.29 is 9.90 Å². The van der Waals surface area contributed by atoms with E-state index in [-0.39, 0.29) is 12.5 Å². The molecule has 0 spiro atoms. The third kappa shape index (κ3) is 1.69. The van der Waals surface area contributed by atoms with E-state index in [4.69, 9.17) is 0 Å². The Labute approximate surface area is 94.9 Å². The predicted molar refractivity (Wildman–Crippen MR) is 61.0 cm³/mol. The molecular formula is C12H16N2O2. The van der Waals surface area contributed by atoms with Crippen molar-refractivity contribution in [1.29, 1.82) is 0 Å². The minimum atomic E-state index is -0.537. The van der Waals surface area contributed by atoms with Crippen LogP contribution in [0.4, 0.5) is 5.69 Å². The van der Waals surface area contributed by atoms with Gasteiger partial charge in [0.05, 0.1) is 23.9 Å². The van der Waals surface area contributed by atoms with Crippen molar-refractivity contribution in [3.05, 3.63) is 24.5 Å². The van der Waals surface area contributed by atoms with E-state index in [2.05, 4.69) is 4.98 Å². The maximum absolute atomic E-state index is 12.2. The molecule has 1 aromatic rings. The number of nitrogens with zero attached hydrogens (tertiary/aromatic N) is 2. The van der Waals surface area contributed by atoms with E-state index >= 15 is 0 Å². The Morgan fingerprint density at radius 2 is 2.38 bits per heavy atom. The van der Waals surface area contributed by atoms with Crippen molar-refractivity contribution in [1.82, 2.24) is 4.98 Å². The molecule has 1 heterocycles. The number of hydrogen-bond acceptors (Lipinski definition) is 3. The molecule has 16 heavy (non-hydrogen) atoms. The number of anilines is 1. The zero-order valence-electron chi connectivity index (χ0n) is 9.39. The fourth-order valence-corrected chi connectivity index (χ4v) is 2.07. The van der Waals surface area contributed by atoms with Gasteiger partial charge in [0.2, 0.25) is 5.91 Å². The molecule has 1 amide bonds. The Morgan fingerprint density at radius 1 is 1.62 bits per heavy atom. The number of carbonyl (C=O) groups is 1. The van der Waals surface area contributed by atoms with Crippen LogP contribution in [-0.2, 0) is 4.79 Å². The second kappa shape index (κ2) is 4.22. The first-order chi connectivity index (χ1) is 7.69. The van der Waals surface area contributed by atoms with Gasteiger partial charge in [0.1, 0.15) is 0 Å². The number of hydrogen-bond donors (Lipinski definition) is 1. The largest absolute Gasteiger partial charge is 0.395 e. The van der Waals surface area contributed by atoms with Gasteiger partial charge >= 0.3 is 0 Å². The number of rotatable bonds is 3. The average Bonchev–Trinajstić information content (AvgIpc) is 2.28. The molecule has 2 rings (SSSR count). The maximum Gasteiger partial charge on any atom is 0.235 e. The number of pyridine rings is 1. The van der Waals surface area contributed by atoms with Gasteiger partial charge in [0.25, 0.3) is 0 Å². The normalized spacial score (nSPS) is 17.6. The van der Waals surface area contributed by atoms with Crippen molar-refractivity contribution in [2.45, 2.75) is 19.3 Å². The summed E-state index contributed by atoms with van der Waals surface area (Å²) in [7, 11) is 1.73. The summed E-state index contributed by atoms with van der Waals surface area (Å²) in [5.41, 5.74) is 0.233. The van der Waals surface area contributed by atoms with Crippen LogP contribution in [0, 0.1) is 5.41 Å². The molecule has 0 bridgehead atoms. The molecule has 0 unspecified atom stereocenters. The summed E-state index contributed by atoms with van der Waals surface area (Å²) < 4.78 is 0. The van der Waals surface area contributed by atoms with E-state index in [0.29, 0.717) is 0 Å². The van der Waals surface area contributed by atoms with Gasteiger partial charge in [0, 0.05) is 13.2 Å². The SMILES string of the molecule is CN(C(=O)C1(CO)CCC1)c1cccnc1. The third-order valence-electron chi connectivity index (χ3n) is 3.40. The molecule has 0 aromatic carbocycles. The average molecular weight is 220 g/mol. The fourth-order valence-electron chi connectivity index (χ4n) is 2.07. The fraction of sp³-hybridized carbons (Fsp3) is 0.500. The topological polar surface area (TPSA) is 53.4 Å². The molecule has 0 radical (unpaired) electrons. The first kappa shape index (κ1) is 11.1. The molecule has 0 aliphatic heterocycles. The molecule has 1 fully saturated rings. The van der Waals surface area contributed by atoms with Crippen LogP contribution in [0.25, 0.3) is 0 Å². The maximum atomic E-state index is 12.2. The number of carbonyl (C=O) groups excluding carboxylic acids is 1. The zero-order chi connectivity index (χ0) is 11.6. The molecule has 86 valence electrons. The summed E-state index contributed by atoms with van der Waals surface area (Å²) in [5, 5.41) is 9.34. The van der Waals surface area contributed by atoms with Crippen molar-refractivity contribution in [3.8, 4) is 0 Å². The Kier molecular flexibility index (Phi) is 2.92. The highest BCUT2D eigenvalue weighted by molar-refractivity contribution is 5.97. The molecule has 1 saturated carbocycles. The zero-order valence-corrected chi connectivity index (χ0v) is 9.39. The molecule has 4 heteroatoms. The lowest BCUT2D eigenvalue weighted by molar-refractivity contribution is -0.136. The number of aliphatic hydroxyl groups excluding tert-OH is 1. The summed E-state index contributed by atoms with van der Waals surface area (Å²) >= 11 is 0. The molecule has 0 atom stereocenters. The first-order valence-electron chi connectivity index (χ1n) is 5.49. The molecule has 1 aliphatic rings. The Hall–Kier alpha value is -1.42. The van der Waals surface area contributed by atoms with E-state index in [9.17, 15) is 9.90 Å². The molecule has 1 N–H and O–H groups in total. The van der Waals surface area contributed by atoms with Crippen LogP contribution < -0.4 is 4.90 Å². The van der Waals surface area contributed by atoms with Crippen molar-refractivity contribution in [2.24, 2.45) is 5.41 Å². The summed E-state index contributed by atoms with van der Waals surface area (Å²) in [6.07, 6.45) is 5.92. The van der Waals surface area contributed by atoms with Gasteiger partial charge in [0.15, 0.2) is 0 Å². The van der Waals surface area contributed by atoms with Gasteiger partial charge in [-0.1, -0.05) is 6.42 Å². The molecular weight excluding hydrogens is 204 g/mol. The van der Waals surface area contributed by atoms with Gasteiger partial charge in [-0.2, -0.15) is 0 Å². The quantitative estimate of drug-likeness (QED) is 0.833. The monoisotopic (exact) mass is 220 g/mol. The standard InChI is InChI=1S/C12H16N2O2/c1-14(10-4-2-7-13-8-10)11(16)12(9-15)5-3-6-12/h2,4,7-8,15H,3,5-6,9H2,1H3. The highest BCUT2D eigenvalue weighted by Crippen LogP contribution is 2.42. The van der Waals surface area contributed by atoms with Crippen molar-refractivity contribution >= 4 is 11.6 Å². The third-order valence-corrected chi connectivity index (χ3v) is 3.40. The van der Waals surface area contributed by atoms with Crippen LogP contribution in [0.15, 0.2) is 24.5 Å². The van der Waals surface area contributed by atoms with E-state index < -0.39 is 5.41 Å². The van der Waals surface area contributed by atoms with Gasteiger partial charge in [-0.05, 0) is 25.0 Å². The highest BCUT2D eigenvalue weighted by Gasteiger charge is 2.45. The predicted octanol–water partition coefficient (Wildman–Crippen LogP) is 1.21. The smallest absolute Gasteiger partial charge is 0.235 e. The van der Waals surface area contributed by atoms with Gasteiger partial charge < -0.3 is 10.0 Å². The second-order valence-electron chi connectivity index (χ2n) is 4.37. The minimum absolute atomic E-state index is 0.00532. The summed E-state index contributed by atoms with van der Waals surface area (Å²) in [6.45, 7) is -0.0591. The Morgan fingerprint density at radius 3 is 2.81 bits per heavy atom. The minimum Gasteiger partial charge on any atom is -0.395 e. The summed E-state index contributed by atoms with van der Waals surface area (Å²) in [6, 6.07) is 3.64. The van der Waals surface area contributed by atoms with Crippen LogP contribution in [0.1, 0.15) is 19.3 Å². The summed E-state index contributed by atoms with van der Waals surface area (Å²) in [5.74, 6) is -0.00532. The Balaban J connectivity index is 2.16. The number of aromatic nitrogens is 1. The van der Waals surface area contributed by atoms with E-state index in [0.717, 1.165) is 24.9 Å². The molecule has 1 aliphatic carbocycles. The van der Waals surface area contributed by atoms with E-state index in [1.807, 2.05) is 6.07 Å². The number of aliphatic hydroxyl groups is 1. The molecule has 4 nitrogen and oxygen atoms in total. The highest BCUT2D eigenvalue weighted by atomic mass is 16.3. The van der Waals surface area contributed by atoms with Crippen LogP contribution in [0.3, 0.4) is 0 Å². The second-order valence-corrected chi connectivity index (χ2v) is 4.37. The van der Waals surface area contributed by atoms with Gasteiger partial charge in [-0.15, -0.1) is 0 Å². The lowest BCUT2D eigenvalue weighted by Gasteiger charge is -2.41. The van der Waals surface area contributed by atoms with Crippen LogP contribution >= 0.6 is 0 Å². The van der Waals surface area contributed by atoms with E-state index in [1.165, 1.54) is 0 Å². The lowest BCUT2D eigenvalue weighted by atomic mass is 9.68. The Bertz CT molecular complexity index is 368.